The number of hydrogen-bond donors (Lipinski definition) is 3. The number of benzene rings is 1. The number of amides is 1. The number of halogens is 1. The molecule has 94 valence electrons. The Hall–Kier alpha value is -1.73. The van der Waals surface area contributed by atoms with Gasteiger partial charge >= 0.3 is 0 Å². The van der Waals surface area contributed by atoms with Crippen LogP contribution in [0.5, 0.6) is 0 Å². The molecule has 3 rings (SSSR count). The topological polar surface area (TPSA) is 72.1 Å². The number of carbonyl (C=O) groups excluding carboxylic acids is 1. The first-order chi connectivity index (χ1) is 8.54. The van der Waals surface area contributed by atoms with Crippen molar-refractivity contribution in [3.63, 3.8) is 0 Å². The molecule has 0 saturated carbocycles. The molecule has 1 aromatic heterocycles. The van der Waals surface area contributed by atoms with Crippen LogP contribution in [-0.2, 0) is 0 Å². The summed E-state index contributed by atoms with van der Waals surface area (Å²) in [7, 11) is 0. The van der Waals surface area contributed by atoms with Crippen molar-refractivity contribution >= 4 is 29.2 Å². The SMILES string of the molecule is O=C(c1cc(F)cc2[nH]c(=S)[nH]c12)N1CC(O)C1. The molecule has 1 aliphatic heterocycles. The zero-order valence-electron chi connectivity index (χ0n) is 9.24. The fourth-order valence-corrected chi connectivity index (χ4v) is 2.28. The molecule has 0 aliphatic carbocycles. The summed E-state index contributed by atoms with van der Waals surface area (Å²) in [5.41, 5.74) is 1.18. The van der Waals surface area contributed by atoms with Crippen molar-refractivity contribution in [2.75, 3.05) is 13.1 Å². The first-order valence-corrected chi connectivity index (χ1v) is 5.84. The van der Waals surface area contributed by atoms with Crippen LogP contribution in [0.2, 0.25) is 0 Å². The number of imidazole rings is 1. The van der Waals surface area contributed by atoms with E-state index in [0.29, 0.717) is 15.8 Å². The number of carbonyl (C=O) groups is 1. The second-order valence-electron chi connectivity index (χ2n) is 4.32. The van der Waals surface area contributed by atoms with Crippen LogP contribution >= 0.6 is 12.2 Å². The van der Waals surface area contributed by atoms with Crippen LogP contribution in [0.3, 0.4) is 0 Å². The molecule has 0 radical (unpaired) electrons. The Bertz CT molecular complexity index is 687. The van der Waals surface area contributed by atoms with Gasteiger partial charge in [0, 0.05) is 13.1 Å². The first kappa shape index (κ1) is 11.4. The molecular weight excluding hydrogens is 257 g/mol. The summed E-state index contributed by atoms with van der Waals surface area (Å²) in [6.45, 7) is 0.560. The standard InChI is InChI=1S/C11H10FN3O2S/c12-5-1-7(10(17)15-3-6(16)4-15)9-8(2-5)13-11(18)14-9/h1-2,6,16H,3-4H2,(H2,13,14,18). The number of aliphatic hydroxyl groups excluding tert-OH is 1. The van der Waals surface area contributed by atoms with Crippen molar-refractivity contribution in [3.05, 3.63) is 28.3 Å². The van der Waals surface area contributed by atoms with E-state index < -0.39 is 11.9 Å². The lowest BCUT2D eigenvalue weighted by Gasteiger charge is -2.35. The highest BCUT2D eigenvalue weighted by atomic mass is 32.1. The molecule has 2 aromatic rings. The average Bonchev–Trinajstić information content (AvgIpc) is 2.63. The van der Waals surface area contributed by atoms with Gasteiger partial charge in [-0.25, -0.2) is 4.39 Å². The van der Waals surface area contributed by atoms with Gasteiger partial charge in [-0.2, -0.15) is 0 Å². The third-order valence-corrected chi connectivity index (χ3v) is 3.17. The van der Waals surface area contributed by atoms with Crippen molar-refractivity contribution in [3.8, 4) is 0 Å². The Morgan fingerprint density at radius 1 is 1.44 bits per heavy atom. The van der Waals surface area contributed by atoms with Gasteiger partial charge in [0.05, 0.1) is 22.7 Å². The molecule has 0 unspecified atom stereocenters. The molecule has 1 aliphatic rings. The van der Waals surface area contributed by atoms with Crippen molar-refractivity contribution in [2.45, 2.75) is 6.10 Å². The van der Waals surface area contributed by atoms with Gasteiger partial charge in [0.25, 0.3) is 5.91 Å². The normalized spacial score (nSPS) is 16.0. The van der Waals surface area contributed by atoms with Gasteiger partial charge < -0.3 is 20.0 Å². The third kappa shape index (κ3) is 1.72. The lowest BCUT2D eigenvalue weighted by atomic mass is 10.1. The van der Waals surface area contributed by atoms with Crippen LogP contribution in [0, 0.1) is 10.6 Å². The Balaban J connectivity index is 2.10. The fraction of sp³-hybridized carbons (Fsp3) is 0.273. The molecule has 7 heteroatoms. The first-order valence-electron chi connectivity index (χ1n) is 5.43. The maximum absolute atomic E-state index is 13.4. The smallest absolute Gasteiger partial charge is 0.256 e. The molecule has 1 saturated heterocycles. The van der Waals surface area contributed by atoms with E-state index in [4.69, 9.17) is 12.2 Å². The Morgan fingerprint density at radius 3 is 2.83 bits per heavy atom. The molecule has 0 bridgehead atoms. The maximum atomic E-state index is 13.4. The zero-order valence-corrected chi connectivity index (χ0v) is 10.1. The minimum Gasteiger partial charge on any atom is -0.389 e. The van der Waals surface area contributed by atoms with Crippen LogP contribution < -0.4 is 0 Å². The number of aliphatic hydroxyl groups is 1. The summed E-state index contributed by atoms with van der Waals surface area (Å²) in [6.07, 6.45) is -0.484. The van der Waals surface area contributed by atoms with E-state index in [2.05, 4.69) is 9.97 Å². The van der Waals surface area contributed by atoms with Crippen LogP contribution in [0.4, 0.5) is 4.39 Å². The Morgan fingerprint density at radius 2 is 2.17 bits per heavy atom. The van der Waals surface area contributed by atoms with E-state index in [1.54, 1.807) is 0 Å². The molecule has 2 heterocycles. The summed E-state index contributed by atoms with van der Waals surface area (Å²) < 4.78 is 13.8. The number of hydrogen-bond acceptors (Lipinski definition) is 3. The zero-order chi connectivity index (χ0) is 12.9. The van der Waals surface area contributed by atoms with Crippen LogP contribution in [0.25, 0.3) is 11.0 Å². The van der Waals surface area contributed by atoms with Crippen molar-refractivity contribution in [1.82, 2.24) is 14.9 Å². The lowest BCUT2D eigenvalue weighted by Crippen LogP contribution is -2.53. The number of aromatic nitrogens is 2. The summed E-state index contributed by atoms with van der Waals surface area (Å²) in [6, 6.07) is 2.46. The van der Waals surface area contributed by atoms with E-state index >= 15 is 0 Å². The van der Waals surface area contributed by atoms with Gasteiger partial charge in [0.1, 0.15) is 5.82 Å². The molecule has 1 aromatic carbocycles. The van der Waals surface area contributed by atoms with Gasteiger partial charge in [-0.1, -0.05) is 0 Å². The van der Waals surface area contributed by atoms with Gasteiger partial charge in [-0.05, 0) is 24.4 Å². The maximum Gasteiger partial charge on any atom is 0.256 e. The molecule has 18 heavy (non-hydrogen) atoms. The lowest BCUT2D eigenvalue weighted by molar-refractivity contribution is 0.00599. The molecule has 0 atom stereocenters. The number of likely N-dealkylation sites (tertiary alicyclic amines) is 1. The number of aromatic amines is 2. The van der Waals surface area contributed by atoms with E-state index in [0.717, 1.165) is 0 Å². The minimum absolute atomic E-state index is 0.226. The van der Waals surface area contributed by atoms with E-state index in [1.807, 2.05) is 0 Å². The molecule has 1 amide bonds. The van der Waals surface area contributed by atoms with E-state index in [-0.39, 0.29) is 24.6 Å². The summed E-state index contributed by atoms with van der Waals surface area (Å²) in [4.78, 5) is 19.2. The predicted octanol–water partition coefficient (Wildman–Crippen LogP) is 1.18. The monoisotopic (exact) mass is 267 g/mol. The second kappa shape index (κ2) is 3.89. The highest BCUT2D eigenvalue weighted by molar-refractivity contribution is 7.71. The Kier molecular flexibility index (Phi) is 2.46. The van der Waals surface area contributed by atoms with Crippen LogP contribution in [-0.4, -0.2) is 45.1 Å². The molecular formula is C11H10FN3O2S. The highest BCUT2D eigenvalue weighted by Gasteiger charge is 2.30. The molecule has 0 spiro atoms. The van der Waals surface area contributed by atoms with Gasteiger partial charge in [-0.3, -0.25) is 4.79 Å². The third-order valence-electron chi connectivity index (χ3n) is 2.97. The number of fused-ring (bicyclic) bond motifs is 1. The number of rotatable bonds is 1. The largest absolute Gasteiger partial charge is 0.389 e. The average molecular weight is 267 g/mol. The molecule has 5 nitrogen and oxygen atoms in total. The highest BCUT2D eigenvalue weighted by Crippen LogP contribution is 2.21. The quantitative estimate of drug-likeness (QED) is 0.679. The summed E-state index contributed by atoms with van der Waals surface area (Å²) >= 11 is 4.93. The number of nitrogens with one attached hydrogen (secondary N) is 2. The van der Waals surface area contributed by atoms with Gasteiger partial charge in [0.15, 0.2) is 4.77 Å². The van der Waals surface area contributed by atoms with Crippen LogP contribution in [0.1, 0.15) is 10.4 Å². The predicted molar refractivity (Wildman–Crippen MR) is 65.4 cm³/mol. The van der Waals surface area contributed by atoms with Crippen molar-refractivity contribution < 1.29 is 14.3 Å². The van der Waals surface area contributed by atoms with Gasteiger partial charge in [0.2, 0.25) is 0 Å². The number of β-amino-alcohol motifs (C(OH)–C–C–N with tert-alkyl or cyclic N) is 1. The molecule has 3 N–H and O–H groups in total. The molecule has 1 fully saturated rings. The number of nitrogens with zero attached hydrogens (tertiary/aromatic N) is 1. The summed E-state index contributed by atoms with van der Waals surface area (Å²) in [5, 5.41) is 9.19. The summed E-state index contributed by atoms with van der Waals surface area (Å²) in [5.74, 6) is -0.813. The Labute approximate surface area is 106 Å². The minimum atomic E-state index is -0.503. The van der Waals surface area contributed by atoms with Crippen molar-refractivity contribution in [1.29, 1.82) is 0 Å². The van der Waals surface area contributed by atoms with E-state index in [1.165, 1.54) is 17.0 Å². The van der Waals surface area contributed by atoms with Crippen LogP contribution in [0.15, 0.2) is 12.1 Å². The van der Waals surface area contributed by atoms with E-state index in [9.17, 15) is 14.3 Å². The fourth-order valence-electron chi connectivity index (χ4n) is 2.07. The number of H-pyrrole nitrogens is 2. The van der Waals surface area contributed by atoms with Crippen molar-refractivity contribution in [2.24, 2.45) is 0 Å². The van der Waals surface area contributed by atoms with Gasteiger partial charge in [-0.15, -0.1) is 0 Å². The second-order valence-corrected chi connectivity index (χ2v) is 4.73.